The molecule has 0 saturated heterocycles. The highest BCUT2D eigenvalue weighted by molar-refractivity contribution is 5.72. The van der Waals surface area contributed by atoms with Crippen molar-refractivity contribution in [2.24, 2.45) is 5.92 Å². The molecule has 0 saturated carbocycles. The predicted octanol–water partition coefficient (Wildman–Crippen LogP) is 6.77. The summed E-state index contributed by atoms with van der Waals surface area (Å²) in [6.45, 7) is 12.4. The van der Waals surface area contributed by atoms with E-state index in [0.717, 1.165) is 31.3 Å². The lowest BCUT2D eigenvalue weighted by Gasteiger charge is -2.19. The summed E-state index contributed by atoms with van der Waals surface area (Å²) >= 11 is 0. The molecular formula is C26H44O4. The molecule has 2 unspecified atom stereocenters. The first kappa shape index (κ1) is 28.2. The molecule has 4 nitrogen and oxygen atoms in total. The zero-order valence-electron chi connectivity index (χ0n) is 19.9. The largest absolute Gasteiger partial charge is 0.466 e. The molecule has 0 fully saturated rings. The fourth-order valence-corrected chi connectivity index (χ4v) is 3.16. The minimum absolute atomic E-state index is 0.169. The second-order valence-corrected chi connectivity index (χ2v) is 8.27. The van der Waals surface area contributed by atoms with Gasteiger partial charge in [0, 0.05) is 18.8 Å². The van der Waals surface area contributed by atoms with E-state index in [2.05, 4.69) is 32.3 Å². The average molecular weight is 421 g/mol. The number of hydrogen-bond acceptors (Lipinski definition) is 4. The van der Waals surface area contributed by atoms with Gasteiger partial charge in [-0.3, -0.25) is 9.59 Å². The van der Waals surface area contributed by atoms with Crippen LogP contribution in [-0.2, 0) is 19.1 Å². The first-order valence-electron chi connectivity index (χ1n) is 11.9. The topological polar surface area (TPSA) is 52.6 Å². The molecule has 0 N–H and O–H groups in total. The molecule has 0 amide bonds. The van der Waals surface area contributed by atoms with Gasteiger partial charge in [0.05, 0.1) is 6.61 Å². The van der Waals surface area contributed by atoms with Crippen LogP contribution in [0, 0.1) is 17.8 Å². The van der Waals surface area contributed by atoms with Crippen LogP contribution in [0.15, 0.2) is 12.2 Å². The third kappa shape index (κ3) is 17.1. The Labute approximate surface area is 185 Å². The van der Waals surface area contributed by atoms with Gasteiger partial charge in [0.15, 0.2) is 6.10 Å². The van der Waals surface area contributed by atoms with E-state index >= 15 is 0 Å². The molecule has 30 heavy (non-hydrogen) atoms. The summed E-state index contributed by atoms with van der Waals surface area (Å²) in [5, 5.41) is 0. The fraction of sp³-hybridized carbons (Fsp3) is 0.769. The number of ether oxygens (including phenoxy) is 2. The number of carbonyl (C=O) groups is 2. The second-order valence-electron chi connectivity index (χ2n) is 8.27. The predicted molar refractivity (Wildman–Crippen MR) is 124 cm³/mol. The van der Waals surface area contributed by atoms with Crippen molar-refractivity contribution in [3.05, 3.63) is 12.2 Å². The lowest BCUT2D eigenvalue weighted by atomic mass is 9.99. The van der Waals surface area contributed by atoms with Crippen molar-refractivity contribution >= 4 is 11.9 Å². The molecule has 0 spiro atoms. The molecule has 0 aliphatic heterocycles. The van der Waals surface area contributed by atoms with Gasteiger partial charge in [-0.15, -0.1) is 0 Å². The van der Waals surface area contributed by atoms with Gasteiger partial charge in [0.1, 0.15) is 0 Å². The third-order valence-corrected chi connectivity index (χ3v) is 4.97. The molecule has 0 bridgehead atoms. The first-order chi connectivity index (χ1) is 14.4. The third-order valence-electron chi connectivity index (χ3n) is 4.97. The van der Waals surface area contributed by atoms with Crippen LogP contribution in [0.3, 0.4) is 0 Å². The van der Waals surface area contributed by atoms with Crippen LogP contribution in [0.2, 0.25) is 0 Å². The molecule has 2 atom stereocenters. The van der Waals surface area contributed by atoms with E-state index < -0.39 is 6.10 Å². The van der Waals surface area contributed by atoms with E-state index in [-0.39, 0.29) is 30.7 Å². The number of carbonyl (C=O) groups excluding carboxylic acids is 2. The van der Waals surface area contributed by atoms with Crippen LogP contribution in [-0.4, -0.2) is 24.6 Å². The van der Waals surface area contributed by atoms with Crippen molar-refractivity contribution in [3.63, 3.8) is 0 Å². The normalized spacial score (nSPS) is 12.4. The van der Waals surface area contributed by atoms with Gasteiger partial charge in [0.2, 0.25) is 0 Å². The number of esters is 2. The average Bonchev–Trinajstić information content (AvgIpc) is 2.69. The molecule has 0 radical (unpaired) electrons. The minimum Gasteiger partial charge on any atom is -0.466 e. The second kappa shape index (κ2) is 19.2. The van der Waals surface area contributed by atoms with Gasteiger partial charge in [-0.05, 0) is 31.8 Å². The monoisotopic (exact) mass is 420 g/mol. The lowest BCUT2D eigenvalue weighted by molar-refractivity contribution is -0.149. The smallest absolute Gasteiger partial charge is 0.307 e. The standard InChI is InChI=1S/C26H44O4/c1-6-8-9-10-11-12-13-14-21-29-25(27)17-15-18-26(28)30-24(20-19-22(3)4)23(5)16-7-2/h23-24H,3,6-18,21H2,1-2,4-5H3. The molecule has 0 rings (SSSR count). The number of rotatable bonds is 17. The minimum atomic E-state index is -0.428. The van der Waals surface area contributed by atoms with E-state index in [0.29, 0.717) is 13.0 Å². The van der Waals surface area contributed by atoms with E-state index in [1.165, 1.54) is 38.5 Å². The molecule has 0 aliphatic rings. The van der Waals surface area contributed by atoms with Crippen molar-refractivity contribution in [1.29, 1.82) is 0 Å². The van der Waals surface area contributed by atoms with E-state index in [4.69, 9.17) is 9.47 Å². The number of allylic oxidation sites excluding steroid dienone is 1. The maximum Gasteiger partial charge on any atom is 0.307 e. The summed E-state index contributed by atoms with van der Waals surface area (Å²) in [6.07, 6.45) is 12.1. The van der Waals surface area contributed by atoms with Gasteiger partial charge in [0.25, 0.3) is 0 Å². The Balaban J connectivity index is 3.95. The van der Waals surface area contributed by atoms with E-state index in [1.807, 2.05) is 13.8 Å². The van der Waals surface area contributed by atoms with Crippen LogP contribution in [0.25, 0.3) is 0 Å². The van der Waals surface area contributed by atoms with Gasteiger partial charge in [-0.2, -0.15) is 0 Å². The van der Waals surface area contributed by atoms with E-state index in [9.17, 15) is 9.59 Å². The zero-order chi connectivity index (χ0) is 22.6. The van der Waals surface area contributed by atoms with Crippen molar-refractivity contribution in [2.45, 2.75) is 117 Å². The maximum atomic E-state index is 12.2. The Kier molecular flexibility index (Phi) is 18.1. The maximum absolute atomic E-state index is 12.2. The summed E-state index contributed by atoms with van der Waals surface area (Å²) < 4.78 is 10.8. The summed E-state index contributed by atoms with van der Waals surface area (Å²) in [4.78, 5) is 24.0. The fourth-order valence-electron chi connectivity index (χ4n) is 3.16. The molecule has 0 aromatic heterocycles. The molecule has 0 aromatic rings. The lowest BCUT2D eigenvalue weighted by Crippen LogP contribution is -2.24. The first-order valence-corrected chi connectivity index (χ1v) is 11.9. The molecule has 0 heterocycles. The van der Waals surface area contributed by atoms with Crippen LogP contribution in [0.1, 0.15) is 111 Å². The van der Waals surface area contributed by atoms with Crippen LogP contribution in [0.4, 0.5) is 0 Å². The Morgan fingerprint density at radius 3 is 2.07 bits per heavy atom. The van der Waals surface area contributed by atoms with Crippen LogP contribution in [0.5, 0.6) is 0 Å². The molecule has 0 aliphatic carbocycles. The molecular weight excluding hydrogens is 376 g/mol. The molecule has 4 heteroatoms. The van der Waals surface area contributed by atoms with Crippen molar-refractivity contribution < 1.29 is 19.1 Å². The summed E-state index contributed by atoms with van der Waals surface area (Å²) in [7, 11) is 0. The van der Waals surface area contributed by atoms with Crippen molar-refractivity contribution in [3.8, 4) is 11.8 Å². The number of unbranched alkanes of at least 4 members (excludes halogenated alkanes) is 7. The Morgan fingerprint density at radius 1 is 0.867 bits per heavy atom. The highest BCUT2D eigenvalue weighted by atomic mass is 16.5. The van der Waals surface area contributed by atoms with Gasteiger partial charge >= 0.3 is 11.9 Å². The Hall–Kier alpha value is -1.76. The van der Waals surface area contributed by atoms with Crippen LogP contribution >= 0.6 is 0 Å². The summed E-state index contributed by atoms with van der Waals surface area (Å²) in [6, 6.07) is 0. The van der Waals surface area contributed by atoms with Gasteiger partial charge < -0.3 is 9.47 Å². The molecule has 172 valence electrons. The zero-order valence-corrected chi connectivity index (χ0v) is 19.9. The van der Waals surface area contributed by atoms with Crippen molar-refractivity contribution in [2.75, 3.05) is 6.61 Å². The summed E-state index contributed by atoms with van der Waals surface area (Å²) in [5.74, 6) is 5.55. The Morgan fingerprint density at radius 2 is 1.47 bits per heavy atom. The SMILES string of the molecule is C=C(C)C#CC(OC(=O)CCCC(=O)OCCCCCCCCCC)C(C)CCC. The van der Waals surface area contributed by atoms with Gasteiger partial charge in [-0.1, -0.05) is 90.6 Å². The Bertz CT molecular complexity index is 541. The molecule has 0 aromatic carbocycles. The highest BCUT2D eigenvalue weighted by Crippen LogP contribution is 2.15. The van der Waals surface area contributed by atoms with Crippen LogP contribution < -0.4 is 0 Å². The van der Waals surface area contributed by atoms with E-state index in [1.54, 1.807) is 0 Å². The number of hydrogen-bond donors (Lipinski definition) is 0. The van der Waals surface area contributed by atoms with Crippen molar-refractivity contribution in [1.82, 2.24) is 0 Å². The quantitative estimate of drug-likeness (QED) is 0.148. The highest BCUT2D eigenvalue weighted by Gasteiger charge is 2.19. The van der Waals surface area contributed by atoms with Gasteiger partial charge in [-0.25, -0.2) is 0 Å². The summed E-state index contributed by atoms with van der Waals surface area (Å²) in [5.41, 5.74) is 0.749.